The van der Waals surface area contributed by atoms with Gasteiger partial charge in [-0.2, -0.15) is 0 Å². The van der Waals surface area contributed by atoms with E-state index in [2.05, 4.69) is 9.97 Å². The minimum atomic E-state index is -1.59. The van der Waals surface area contributed by atoms with Crippen molar-refractivity contribution in [2.75, 3.05) is 0 Å². The zero-order valence-electron chi connectivity index (χ0n) is 17.5. The quantitative estimate of drug-likeness (QED) is 0.297. The molecule has 0 saturated heterocycles. The molecule has 0 spiro atoms. The molecule has 0 aliphatic carbocycles. The third kappa shape index (κ3) is 6.78. The van der Waals surface area contributed by atoms with E-state index in [1.807, 2.05) is 0 Å². The first kappa shape index (κ1) is 30.6. The second-order valence-electron chi connectivity index (χ2n) is 6.34. The standard InChI is InChI=1S/2C11H7NO4.Co.2H2O/c2*13-10(14)7-5-6-3-1-2-4-8(6)12-9(7)11(15)16;;;/h2*1-5H,(H,13,14)(H,15,16);;2*1H2/q;;+2;;. The maximum absolute atomic E-state index is 10.8. The van der Waals surface area contributed by atoms with Crippen molar-refractivity contribution >= 4 is 45.7 Å². The Labute approximate surface area is 206 Å². The molecule has 0 atom stereocenters. The molecule has 13 heteroatoms. The van der Waals surface area contributed by atoms with Crippen LogP contribution in [-0.2, 0) is 27.7 Å². The van der Waals surface area contributed by atoms with Crippen LogP contribution in [0, 0.1) is 0 Å². The van der Waals surface area contributed by atoms with Crippen LogP contribution in [0.5, 0.6) is 0 Å². The number of hydrogen-bond acceptors (Lipinski definition) is 8. The normalized spacial score (nSPS) is 9.37. The Hall–Kier alpha value is -4.43. The zero-order chi connectivity index (χ0) is 23.4. The molecule has 183 valence electrons. The number of hydrogen-bond donors (Lipinski definition) is 2. The first-order valence-electron chi connectivity index (χ1n) is 8.88. The Kier molecular flexibility index (Phi) is 11.1. The molecule has 0 fully saturated rings. The second kappa shape index (κ2) is 12.7. The molecule has 0 saturated carbocycles. The minimum Gasteiger partial charge on any atom is -0.543 e. The number of carboxylic acid groups (broad SMARTS) is 4. The van der Waals surface area contributed by atoms with Gasteiger partial charge in [0.15, 0.2) is 0 Å². The monoisotopic (exact) mass is 529 g/mol. The number of aromatic carboxylic acids is 4. The second-order valence-corrected chi connectivity index (χ2v) is 6.34. The number of fused-ring (bicyclic) bond motifs is 2. The van der Waals surface area contributed by atoms with Gasteiger partial charge >= 0.3 is 28.7 Å². The van der Waals surface area contributed by atoms with Crippen molar-refractivity contribution in [3.05, 3.63) is 83.2 Å². The Balaban J connectivity index is 0.000000608. The third-order valence-corrected chi connectivity index (χ3v) is 4.30. The van der Waals surface area contributed by atoms with E-state index in [0.717, 1.165) is 0 Å². The maximum atomic E-state index is 10.8. The van der Waals surface area contributed by atoms with Crippen LogP contribution in [-0.4, -0.2) is 44.1 Å². The summed E-state index contributed by atoms with van der Waals surface area (Å²) in [5, 5.41) is 40.3. The molecule has 0 aliphatic rings. The number of pyridine rings is 2. The molecule has 0 aliphatic heterocycles. The van der Waals surface area contributed by atoms with E-state index in [4.69, 9.17) is 10.2 Å². The smallest absolute Gasteiger partial charge is 0.543 e. The Bertz CT molecular complexity index is 1200. The predicted molar refractivity (Wildman–Crippen MR) is 116 cm³/mol. The van der Waals surface area contributed by atoms with E-state index in [1.54, 1.807) is 48.5 Å². The summed E-state index contributed by atoms with van der Waals surface area (Å²) >= 11 is 0. The van der Waals surface area contributed by atoms with Gasteiger partial charge in [0.05, 0.1) is 34.1 Å². The molecule has 2 aromatic heterocycles. The minimum absolute atomic E-state index is 0. The summed E-state index contributed by atoms with van der Waals surface area (Å²) in [6, 6.07) is 15.9. The molecule has 0 unspecified atom stereocenters. The number of rotatable bonds is 4. The van der Waals surface area contributed by atoms with E-state index in [-0.39, 0.29) is 38.9 Å². The molecule has 1 radical (unpaired) electrons. The Morgan fingerprint density at radius 1 is 0.629 bits per heavy atom. The van der Waals surface area contributed by atoms with Crippen LogP contribution in [0.4, 0.5) is 0 Å². The topological polar surface area (TPSA) is 247 Å². The van der Waals surface area contributed by atoms with Crippen LogP contribution in [0.3, 0.4) is 0 Å². The van der Waals surface area contributed by atoms with Gasteiger partial charge in [0.1, 0.15) is 11.4 Å². The number of carbonyl (C=O) groups is 4. The number of benzene rings is 2. The van der Waals surface area contributed by atoms with Crippen LogP contribution in [0.25, 0.3) is 21.8 Å². The summed E-state index contributed by atoms with van der Waals surface area (Å²) in [5.41, 5.74) is -0.979. The van der Waals surface area contributed by atoms with Gasteiger partial charge in [-0.05, 0) is 24.3 Å². The van der Waals surface area contributed by atoms with Crippen LogP contribution >= 0.6 is 0 Å². The molecule has 12 nitrogen and oxygen atoms in total. The van der Waals surface area contributed by atoms with Crippen LogP contribution in [0.2, 0.25) is 0 Å². The van der Waals surface area contributed by atoms with Gasteiger partial charge < -0.3 is 41.0 Å². The number of nitrogens with zero attached hydrogens (tertiary/aromatic N) is 2. The van der Waals surface area contributed by atoms with Crippen molar-refractivity contribution in [1.29, 1.82) is 0 Å². The number of carbonyl (C=O) groups excluding carboxylic acids is 2. The average molecular weight is 529 g/mol. The summed E-state index contributed by atoms with van der Waals surface area (Å²) in [6.45, 7) is 0. The number of carboxylic acids is 4. The van der Waals surface area contributed by atoms with E-state index >= 15 is 0 Å². The first-order valence-corrected chi connectivity index (χ1v) is 8.88. The zero-order valence-corrected chi connectivity index (χ0v) is 18.5. The predicted octanol–water partition coefficient (Wildman–Crippen LogP) is -1.25. The van der Waals surface area contributed by atoms with E-state index in [0.29, 0.717) is 21.8 Å². The molecule has 8 N–H and O–H groups in total. The van der Waals surface area contributed by atoms with Gasteiger partial charge in [0, 0.05) is 10.8 Å². The van der Waals surface area contributed by atoms with Crippen molar-refractivity contribution in [2.45, 2.75) is 0 Å². The van der Waals surface area contributed by atoms with Crippen molar-refractivity contribution in [1.82, 2.24) is 9.97 Å². The Morgan fingerprint density at radius 2 is 0.943 bits per heavy atom. The van der Waals surface area contributed by atoms with Crippen LogP contribution in [0.15, 0.2) is 60.7 Å². The summed E-state index contributed by atoms with van der Waals surface area (Å²) in [4.78, 5) is 50.6. The van der Waals surface area contributed by atoms with Crippen molar-refractivity contribution < 1.29 is 67.3 Å². The molecule has 4 aromatic rings. The number of para-hydroxylation sites is 2. The maximum Gasteiger partial charge on any atom is 2.00 e. The van der Waals surface area contributed by atoms with Gasteiger partial charge in [0.25, 0.3) is 0 Å². The summed E-state index contributed by atoms with van der Waals surface area (Å²) < 4.78 is 0. The SMILES string of the molecule is O=C(O)c1cc2ccccc2nc1C(=O)[O-].O=C(O)c1cc2ccccc2nc1C(=O)[O-].[Co+2].[OH3+].[OH3+]. The van der Waals surface area contributed by atoms with Crippen LogP contribution in [0.1, 0.15) is 41.7 Å². The van der Waals surface area contributed by atoms with Gasteiger partial charge in [-0.1, -0.05) is 36.4 Å². The van der Waals surface area contributed by atoms with Crippen molar-refractivity contribution in [3.8, 4) is 0 Å². The summed E-state index contributed by atoms with van der Waals surface area (Å²) in [5.74, 6) is -5.86. The fourth-order valence-electron chi connectivity index (χ4n) is 2.87. The van der Waals surface area contributed by atoms with E-state index < -0.39 is 35.3 Å². The Morgan fingerprint density at radius 3 is 1.23 bits per heavy atom. The van der Waals surface area contributed by atoms with Gasteiger partial charge in [0.2, 0.25) is 0 Å². The first-order chi connectivity index (χ1) is 15.2. The molecular formula is C22H18CoN2O10+2. The largest absolute Gasteiger partial charge is 2.00 e. The fourth-order valence-corrected chi connectivity index (χ4v) is 2.87. The van der Waals surface area contributed by atoms with Gasteiger partial charge in [-0.15, -0.1) is 0 Å². The molecule has 4 rings (SSSR count). The molecule has 0 bridgehead atoms. The molecule has 0 amide bonds. The van der Waals surface area contributed by atoms with E-state index in [9.17, 15) is 29.4 Å². The number of aromatic nitrogens is 2. The third-order valence-electron chi connectivity index (χ3n) is 4.30. The van der Waals surface area contributed by atoms with Crippen molar-refractivity contribution in [3.63, 3.8) is 0 Å². The molecule has 2 aromatic carbocycles. The summed E-state index contributed by atoms with van der Waals surface area (Å²) in [7, 11) is 0. The summed E-state index contributed by atoms with van der Waals surface area (Å²) in [6.07, 6.45) is 0. The van der Waals surface area contributed by atoms with Crippen molar-refractivity contribution in [2.24, 2.45) is 0 Å². The van der Waals surface area contributed by atoms with Crippen LogP contribution < -0.4 is 10.2 Å². The van der Waals surface area contributed by atoms with Gasteiger partial charge in [-0.3, -0.25) is 0 Å². The molecular weight excluding hydrogens is 511 g/mol. The molecule has 2 heterocycles. The average Bonchev–Trinajstić information content (AvgIpc) is 2.77. The van der Waals surface area contributed by atoms with Gasteiger partial charge in [-0.25, -0.2) is 19.6 Å². The fraction of sp³-hybridized carbons (Fsp3) is 0. The van der Waals surface area contributed by atoms with E-state index in [1.165, 1.54) is 12.1 Å². The molecule has 35 heavy (non-hydrogen) atoms.